The second-order valence-electron chi connectivity index (χ2n) is 7.51. The Labute approximate surface area is 102 Å². The van der Waals surface area contributed by atoms with Gasteiger partial charge in [0.1, 0.15) is 0 Å². The number of hydrogen-bond donors (Lipinski definition) is 0. The molecule has 1 aliphatic heterocycles. The largest absolute Gasteiger partial charge is 0.300 e. The van der Waals surface area contributed by atoms with E-state index in [0.717, 1.165) is 0 Å². The summed E-state index contributed by atoms with van der Waals surface area (Å²) in [5.41, 5.74) is 0.733. The van der Waals surface area contributed by atoms with E-state index in [0.29, 0.717) is 17.0 Å². The molecule has 0 radical (unpaired) electrons. The van der Waals surface area contributed by atoms with Crippen LogP contribution in [0, 0.1) is 5.41 Å². The Hall–Kier alpha value is -0.0800. The Morgan fingerprint density at radius 3 is 1.94 bits per heavy atom. The lowest BCUT2D eigenvalue weighted by Crippen LogP contribution is -2.59. The van der Waals surface area contributed by atoms with Crippen LogP contribution in [-0.2, 0) is 0 Å². The predicted molar refractivity (Wildman–Crippen MR) is 71.8 cm³/mol. The minimum atomic E-state index is 0.313. The second kappa shape index (κ2) is 4.66. The second-order valence-corrected chi connectivity index (χ2v) is 7.51. The Morgan fingerprint density at radius 2 is 1.56 bits per heavy atom. The molecule has 0 spiro atoms. The molecule has 1 fully saturated rings. The molecule has 1 heterocycles. The molecule has 0 amide bonds. The van der Waals surface area contributed by atoms with Crippen LogP contribution in [0.4, 0.5) is 0 Å². The molecule has 0 saturated carbocycles. The minimum absolute atomic E-state index is 0.313. The molecule has 1 unspecified atom stereocenters. The first kappa shape index (κ1) is 14.0. The summed E-state index contributed by atoms with van der Waals surface area (Å²) in [6, 6.07) is 0.677. The lowest BCUT2D eigenvalue weighted by molar-refractivity contribution is 0.00754. The summed E-state index contributed by atoms with van der Waals surface area (Å²) in [4.78, 5) is 5.25. The van der Waals surface area contributed by atoms with Crippen LogP contribution >= 0.6 is 0 Å². The van der Waals surface area contributed by atoms with Crippen molar-refractivity contribution in [2.45, 2.75) is 60.0 Å². The fourth-order valence-electron chi connectivity index (χ4n) is 2.84. The van der Waals surface area contributed by atoms with Crippen molar-refractivity contribution in [2.24, 2.45) is 5.41 Å². The van der Waals surface area contributed by atoms with Crippen molar-refractivity contribution >= 4 is 0 Å². The van der Waals surface area contributed by atoms with E-state index < -0.39 is 0 Å². The van der Waals surface area contributed by atoms with Crippen molar-refractivity contribution in [3.63, 3.8) is 0 Å². The highest BCUT2D eigenvalue weighted by molar-refractivity contribution is 4.88. The molecular formula is C14H30N2. The van der Waals surface area contributed by atoms with Gasteiger partial charge in [0.2, 0.25) is 0 Å². The zero-order valence-electron chi connectivity index (χ0n) is 12.3. The van der Waals surface area contributed by atoms with Crippen LogP contribution in [0.5, 0.6) is 0 Å². The van der Waals surface area contributed by atoms with Gasteiger partial charge in [0.15, 0.2) is 0 Å². The van der Waals surface area contributed by atoms with E-state index in [4.69, 9.17) is 0 Å². The number of hydrogen-bond acceptors (Lipinski definition) is 2. The van der Waals surface area contributed by atoms with Gasteiger partial charge in [0, 0.05) is 37.8 Å². The van der Waals surface area contributed by atoms with Crippen molar-refractivity contribution in [3.8, 4) is 0 Å². The van der Waals surface area contributed by atoms with Crippen molar-refractivity contribution in [2.75, 3.05) is 26.2 Å². The highest BCUT2D eigenvalue weighted by atomic mass is 15.3. The van der Waals surface area contributed by atoms with E-state index in [1.54, 1.807) is 0 Å². The summed E-state index contributed by atoms with van der Waals surface area (Å²) < 4.78 is 0. The summed E-state index contributed by atoms with van der Waals surface area (Å²) in [5, 5.41) is 0. The quantitative estimate of drug-likeness (QED) is 0.678. The Morgan fingerprint density at radius 1 is 1.00 bits per heavy atom. The summed E-state index contributed by atoms with van der Waals surface area (Å²) in [5.74, 6) is 0. The van der Waals surface area contributed by atoms with Crippen LogP contribution in [0.3, 0.4) is 0 Å². The smallest absolute Gasteiger partial charge is 0.0200 e. The molecule has 1 saturated heterocycles. The maximum atomic E-state index is 2.63. The summed E-state index contributed by atoms with van der Waals surface area (Å²) in [6.07, 6.45) is 0. The maximum Gasteiger partial charge on any atom is 0.0200 e. The molecule has 0 aliphatic carbocycles. The third-order valence-electron chi connectivity index (χ3n) is 3.27. The predicted octanol–water partition coefficient (Wildman–Crippen LogP) is 2.84. The molecule has 1 aliphatic rings. The Kier molecular flexibility index (Phi) is 4.07. The highest BCUT2D eigenvalue weighted by Crippen LogP contribution is 2.23. The van der Waals surface area contributed by atoms with Crippen molar-refractivity contribution in [3.05, 3.63) is 0 Å². The molecule has 0 bridgehead atoms. The van der Waals surface area contributed by atoms with Gasteiger partial charge in [-0.1, -0.05) is 20.8 Å². The molecule has 16 heavy (non-hydrogen) atoms. The van der Waals surface area contributed by atoms with Gasteiger partial charge in [0.25, 0.3) is 0 Å². The van der Waals surface area contributed by atoms with Crippen LogP contribution < -0.4 is 0 Å². The van der Waals surface area contributed by atoms with Crippen molar-refractivity contribution in [1.29, 1.82) is 0 Å². The molecule has 1 atom stereocenters. The van der Waals surface area contributed by atoms with E-state index in [-0.39, 0.29) is 0 Å². The van der Waals surface area contributed by atoms with Gasteiger partial charge in [0.05, 0.1) is 0 Å². The van der Waals surface area contributed by atoms with Gasteiger partial charge in [-0.3, -0.25) is 4.90 Å². The zero-order chi connectivity index (χ0) is 12.6. The molecule has 0 N–H and O–H groups in total. The average Bonchev–Trinajstić information content (AvgIpc) is 1.97. The van der Waals surface area contributed by atoms with Crippen LogP contribution in [0.25, 0.3) is 0 Å². The van der Waals surface area contributed by atoms with E-state index in [1.807, 2.05) is 0 Å². The highest BCUT2D eigenvalue weighted by Gasteiger charge is 2.32. The van der Waals surface area contributed by atoms with Gasteiger partial charge < -0.3 is 4.90 Å². The summed E-state index contributed by atoms with van der Waals surface area (Å²) in [6.45, 7) is 21.2. The minimum Gasteiger partial charge on any atom is -0.300 e. The third kappa shape index (κ3) is 4.06. The topological polar surface area (TPSA) is 6.48 Å². The first-order valence-corrected chi connectivity index (χ1v) is 6.59. The van der Waals surface area contributed by atoms with Gasteiger partial charge in [-0.25, -0.2) is 0 Å². The Bertz CT molecular complexity index is 222. The Balaban J connectivity index is 2.52. The fraction of sp³-hybridized carbons (Fsp3) is 1.00. The lowest BCUT2D eigenvalue weighted by Gasteiger charge is -2.47. The molecule has 2 heteroatoms. The third-order valence-corrected chi connectivity index (χ3v) is 3.27. The zero-order valence-corrected chi connectivity index (χ0v) is 12.3. The van der Waals surface area contributed by atoms with Crippen molar-refractivity contribution in [1.82, 2.24) is 9.80 Å². The van der Waals surface area contributed by atoms with E-state index in [1.165, 1.54) is 26.2 Å². The van der Waals surface area contributed by atoms with Crippen LogP contribution in [0.2, 0.25) is 0 Å². The molecule has 1 rings (SSSR count). The normalized spacial score (nSPS) is 26.1. The van der Waals surface area contributed by atoms with Gasteiger partial charge in [-0.2, -0.15) is 0 Å². The number of rotatable bonds is 1. The van der Waals surface area contributed by atoms with Crippen LogP contribution in [0.15, 0.2) is 0 Å². The number of piperazine rings is 1. The molecule has 96 valence electrons. The van der Waals surface area contributed by atoms with Crippen LogP contribution in [-0.4, -0.2) is 47.6 Å². The average molecular weight is 226 g/mol. The van der Waals surface area contributed by atoms with Crippen LogP contribution in [0.1, 0.15) is 48.5 Å². The molecule has 2 nitrogen and oxygen atoms in total. The van der Waals surface area contributed by atoms with Gasteiger partial charge in [-0.15, -0.1) is 0 Å². The standard InChI is InChI=1S/C14H30N2/c1-12-10-15(11-13(2,3)4)8-9-16(12)14(5,6)7/h12H,8-11H2,1-7H3. The van der Waals surface area contributed by atoms with E-state index in [2.05, 4.69) is 58.3 Å². The monoisotopic (exact) mass is 226 g/mol. The fourth-order valence-corrected chi connectivity index (χ4v) is 2.84. The van der Waals surface area contributed by atoms with Crippen molar-refractivity contribution < 1.29 is 0 Å². The molecular weight excluding hydrogens is 196 g/mol. The summed E-state index contributed by atoms with van der Waals surface area (Å²) >= 11 is 0. The van der Waals surface area contributed by atoms with E-state index in [9.17, 15) is 0 Å². The first-order valence-electron chi connectivity index (χ1n) is 6.59. The maximum absolute atomic E-state index is 2.63. The van der Waals surface area contributed by atoms with Gasteiger partial charge in [-0.05, 0) is 33.1 Å². The molecule has 0 aromatic rings. The summed E-state index contributed by atoms with van der Waals surface area (Å²) in [7, 11) is 0. The first-order chi connectivity index (χ1) is 7.09. The van der Waals surface area contributed by atoms with Gasteiger partial charge >= 0.3 is 0 Å². The molecule has 0 aromatic carbocycles. The SMILES string of the molecule is CC1CN(CC(C)(C)C)CCN1C(C)(C)C. The lowest BCUT2D eigenvalue weighted by atomic mass is 9.94. The number of nitrogens with zero attached hydrogens (tertiary/aromatic N) is 2. The van der Waals surface area contributed by atoms with E-state index >= 15 is 0 Å². The molecule has 0 aromatic heterocycles.